The van der Waals surface area contributed by atoms with E-state index >= 15 is 0 Å². The summed E-state index contributed by atoms with van der Waals surface area (Å²) in [6.07, 6.45) is 6.50. The predicted molar refractivity (Wildman–Crippen MR) is 68.4 cm³/mol. The van der Waals surface area contributed by atoms with E-state index in [0.29, 0.717) is 11.8 Å². The zero-order chi connectivity index (χ0) is 11.6. The van der Waals surface area contributed by atoms with Gasteiger partial charge in [-0.2, -0.15) is 0 Å². The van der Waals surface area contributed by atoms with Crippen molar-refractivity contribution in [2.75, 3.05) is 14.1 Å². The summed E-state index contributed by atoms with van der Waals surface area (Å²) in [5.41, 5.74) is -0.184. The molecule has 0 aromatic carbocycles. The van der Waals surface area contributed by atoms with Crippen LogP contribution in [0.3, 0.4) is 0 Å². The third kappa shape index (κ3) is 1.70. The number of carboxylic acid groups (broad SMARTS) is 1. The van der Waals surface area contributed by atoms with Gasteiger partial charge in [-0.05, 0) is 64.5 Å². The molecule has 3 nitrogen and oxygen atoms in total. The molecule has 4 rings (SSSR count). The van der Waals surface area contributed by atoms with Crippen LogP contribution in [0.5, 0.6) is 0 Å². The van der Waals surface area contributed by atoms with Gasteiger partial charge in [0, 0.05) is 5.54 Å². The van der Waals surface area contributed by atoms with Gasteiger partial charge in [-0.25, -0.2) is 0 Å². The number of rotatable bonds is 2. The van der Waals surface area contributed by atoms with Crippen LogP contribution >= 0.6 is 12.4 Å². The van der Waals surface area contributed by atoms with Gasteiger partial charge in [0.1, 0.15) is 0 Å². The van der Waals surface area contributed by atoms with Crippen LogP contribution in [-0.4, -0.2) is 35.6 Å². The Hall–Kier alpha value is -0.280. The molecular formula is C13H22ClNO2. The fourth-order valence-corrected chi connectivity index (χ4v) is 4.99. The van der Waals surface area contributed by atoms with Gasteiger partial charge in [0.05, 0.1) is 5.41 Å². The van der Waals surface area contributed by atoms with Crippen LogP contribution < -0.4 is 0 Å². The van der Waals surface area contributed by atoms with E-state index in [0.717, 1.165) is 19.3 Å². The number of hydrogen-bond donors (Lipinski definition) is 1. The molecule has 2 atom stereocenters. The molecule has 0 aliphatic heterocycles. The number of nitrogens with zero attached hydrogens (tertiary/aromatic N) is 1. The highest BCUT2D eigenvalue weighted by molar-refractivity contribution is 5.85. The first-order chi connectivity index (χ1) is 7.46. The Balaban J connectivity index is 0.00000108. The van der Waals surface area contributed by atoms with Gasteiger partial charge in [-0.1, -0.05) is 0 Å². The second-order valence-corrected chi connectivity index (χ2v) is 6.67. The molecule has 0 aromatic rings. The smallest absolute Gasteiger partial charge is 0.309 e. The molecule has 0 spiro atoms. The lowest BCUT2D eigenvalue weighted by molar-refractivity contribution is -0.175. The summed E-state index contributed by atoms with van der Waals surface area (Å²) in [6, 6.07) is 0. The first kappa shape index (κ1) is 13.2. The van der Waals surface area contributed by atoms with Crippen molar-refractivity contribution in [2.45, 2.75) is 44.1 Å². The Labute approximate surface area is 109 Å². The summed E-state index contributed by atoms with van der Waals surface area (Å²) in [4.78, 5) is 13.9. The highest BCUT2D eigenvalue weighted by Crippen LogP contribution is 2.62. The number of carboxylic acids is 1. The van der Waals surface area contributed by atoms with Crippen molar-refractivity contribution in [1.82, 2.24) is 4.90 Å². The maximum absolute atomic E-state index is 11.6. The summed E-state index contributed by atoms with van der Waals surface area (Å²) < 4.78 is 0. The number of carbonyl (C=O) groups is 1. The minimum Gasteiger partial charge on any atom is -0.481 e. The van der Waals surface area contributed by atoms with Crippen LogP contribution in [0.1, 0.15) is 38.5 Å². The van der Waals surface area contributed by atoms with Crippen LogP contribution in [-0.2, 0) is 4.79 Å². The number of hydrogen-bond acceptors (Lipinski definition) is 2. The molecule has 98 valence electrons. The second kappa shape index (κ2) is 3.86. The van der Waals surface area contributed by atoms with Crippen LogP contribution in [0.15, 0.2) is 0 Å². The van der Waals surface area contributed by atoms with E-state index in [2.05, 4.69) is 19.0 Å². The lowest BCUT2D eigenvalue weighted by atomic mass is 9.46. The predicted octanol–water partition coefficient (Wildman–Crippen LogP) is 2.39. The zero-order valence-electron chi connectivity index (χ0n) is 10.6. The molecule has 4 saturated carbocycles. The lowest BCUT2D eigenvalue weighted by Crippen LogP contribution is -2.63. The topological polar surface area (TPSA) is 40.5 Å². The van der Waals surface area contributed by atoms with Crippen molar-refractivity contribution in [3.05, 3.63) is 0 Å². The van der Waals surface area contributed by atoms with Crippen molar-refractivity contribution in [1.29, 1.82) is 0 Å². The van der Waals surface area contributed by atoms with Crippen LogP contribution in [0.25, 0.3) is 0 Å². The van der Waals surface area contributed by atoms with E-state index in [1.54, 1.807) is 0 Å². The van der Waals surface area contributed by atoms with Gasteiger partial charge >= 0.3 is 5.97 Å². The minimum atomic E-state index is -0.534. The molecule has 2 unspecified atom stereocenters. The Morgan fingerprint density at radius 2 is 1.71 bits per heavy atom. The molecule has 4 fully saturated rings. The number of halogens is 1. The highest BCUT2D eigenvalue weighted by atomic mass is 35.5. The monoisotopic (exact) mass is 259 g/mol. The van der Waals surface area contributed by atoms with Gasteiger partial charge in [0.2, 0.25) is 0 Å². The van der Waals surface area contributed by atoms with Gasteiger partial charge in [-0.15, -0.1) is 12.4 Å². The van der Waals surface area contributed by atoms with Gasteiger partial charge in [-0.3, -0.25) is 4.79 Å². The minimum absolute atomic E-state index is 0. The van der Waals surface area contributed by atoms with Gasteiger partial charge in [0.25, 0.3) is 0 Å². The van der Waals surface area contributed by atoms with E-state index in [9.17, 15) is 9.90 Å². The quantitative estimate of drug-likeness (QED) is 0.828. The SMILES string of the molecule is CN(C)C12CC3CC(CC(C(=O)O)(C3)C1)C2.Cl. The molecule has 0 amide bonds. The van der Waals surface area contributed by atoms with Crippen molar-refractivity contribution in [2.24, 2.45) is 17.3 Å². The lowest BCUT2D eigenvalue weighted by Gasteiger charge is -2.62. The average molecular weight is 260 g/mol. The molecule has 4 aliphatic rings. The maximum atomic E-state index is 11.6. The van der Waals surface area contributed by atoms with E-state index < -0.39 is 5.97 Å². The average Bonchev–Trinajstić information content (AvgIpc) is 2.14. The van der Waals surface area contributed by atoms with E-state index in [4.69, 9.17) is 0 Å². The van der Waals surface area contributed by atoms with Crippen molar-refractivity contribution in [3.63, 3.8) is 0 Å². The summed E-state index contributed by atoms with van der Waals surface area (Å²) >= 11 is 0. The molecule has 4 bridgehead atoms. The molecule has 0 radical (unpaired) electrons. The first-order valence-corrected chi connectivity index (χ1v) is 6.37. The van der Waals surface area contributed by atoms with Crippen molar-refractivity contribution < 1.29 is 9.90 Å². The summed E-state index contributed by atoms with van der Waals surface area (Å²) in [7, 11) is 4.26. The Kier molecular flexibility index (Phi) is 2.98. The first-order valence-electron chi connectivity index (χ1n) is 6.37. The third-order valence-corrected chi connectivity index (χ3v) is 5.43. The molecular weight excluding hydrogens is 238 g/mol. The molecule has 17 heavy (non-hydrogen) atoms. The van der Waals surface area contributed by atoms with Crippen molar-refractivity contribution >= 4 is 18.4 Å². The largest absolute Gasteiger partial charge is 0.481 e. The summed E-state index contributed by atoms with van der Waals surface area (Å²) in [5, 5.41) is 9.56. The highest BCUT2D eigenvalue weighted by Gasteiger charge is 2.61. The maximum Gasteiger partial charge on any atom is 0.309 e. The second-order valence-electron chi connectivity index (χ2n) is 6.67. The fourth-order valence-electron chi connectivity index (χ4n) is 4.99. The van der Waals surface area contributed by atoms with Crippen molar-refractivity contribution in [3.8, 4) is 0 Å². The summed E-state index contributed by atoms with van der Waals surface area (Å²) in [6.45, 7) is 0. The Morgan fingerprint density at radius 1 is 1.18 bits per heavy atom. The van der Waals surface area contributed by atoms with E-state index in [1.807, 2.05) is 0 Å². The van der Waals surface area contributed by atoms with E-state index in [1.165, 1.54) is 19.3 Å². The molecule has 1 N–H and O–H groups in total. The standard InChI is InChI=1S/C13H21NO2.ClH/c1-14(2)13-6-9-3-10(7-13)5-12(4-9,8-13)11(15)16;/h9-10H,3-8H2,1-2H3,(H,15,16);1H. The van der Waals surface area contributed by atoms with Gasteiger partial charge < -0.3 is 10.0 Å². The normalized spacial score (nSPS) is 47.0. The number of aliphatic carboxylic acids is 1. The molecule has 0 saturated heterocycles. The molecule has 4 heteroatoms. The molecule has 0 aromatic heterocycles. The third-order valence-electron chi connectivity index (χ3n) is 5.43. The van der Waals surface area contributed by atoms with Crippen LogP contribution in [0.2, 0.25) is 0 Å². The Bertz CT molecular complexity index is 328. The van der Waals surface area contributed by atoms with Crippen LogP contribution in [0, 0.1) is 17.3 Å². The summed E-state index contributed by atoms with van der Waals surface area (Å²) in [5.74, 6) is 0.798. The molecule has 4 aliphatic carbocycles. The fraction of sp³-hybridized carbons (Fsp3) is 0.923. The zero-order valence-corrected chi connectivity index (χ0v) is 11.4. The van der Waals surface area contributed by atoms with E-state index in [-0.39, 0.29) is 23.4 Å². The Morgan fingerprint density at radius 3 is 2.12 bits per heavy atom. The molecule has 0 heterocycles. The van der Waals surface area contributed by atoms with Gasteiger partial charge in [0.15, 0.2) is 0 Å². The van der Waals surface area contributed by atoms with Crippen LogP contribution in [0.4, 0.5) is 0 Å².